The number of rotatable bonds is 7. The van der Waals surface area contributed by atoms with Crippen molar-refractivity contribution in [2.24, 2.45) is 5.92 Å². The maximum Gasteiger partial charge on any atom is 0.319 e. The summed E-state index contributed by atoms with van der Waals surface area (Å²) >= 11 is 0. The number of benzene rings is 2. The van der Waals surface area contributed by atoms with Crippen molar-refractivity contribution in [2.45, 2.75) is 32.6 Å². The van der Waals surface area contributed by atoms with Gasteiger partial charge in [-0.15, -0.1) is 0 Å². The zero-order valence-electron chi connectivity index (χ0n) is 17.2. The summed E-state index contributed by atoms with van der Waals surface area (Å²) in [6.07, 6.45) is 4.12. The Morgan fingerprint density at radius 3 is 2.27 bits per heavy atom. The first-order chi connectivity index (χ1) is 14.5. The van der Waals surface area contributed by atoms with Gasteiger partial charge in [0.05, 0.1) is 0 Å². The van der Waals surface area contributed by atoms with Crippen LogP contribution >= 0.6 is 0 Å². The molecular weight excluding hydrogens is 380 g/mol. The number of anilines is 2. The van der Waals surface area contributed by atoms with Gasteiger partial charge in [-0.3, -0.25) is 9.59 Å². The van der Waals surface area contributed by atoms with Gasteiger partial charge in [-0.1, -0.05) is 25.0 Å². The molecule has 1 aliphatic carbocycles. The molecular formula is C23H28N4O3. The van der Waals surface area contributed by atoms with Crippen molar-refractivity contribution < 1.29 is 14.4 Å². The van der Waals surface area contributed by atoms with Gasteiger partial charge in [0.25, 0.3) is 5.91 Å². The highest BCUT2D eigenvalue weighted by Crippen LogP contribution is 2.26. The van der Waals surface area contributed by atoms with Crippen LogP contribution in [0.5, 0.6) is 0 Å². The van der Waals surface area contributed by atoms with E-state index in [-0.39, 0.29) is 23.8 Å². The topological polar surface area (TPSA) is 99.3 Å². The largest absolute Gasteiger partial charge is 0.350 e. The van der Waals surface area contributed by atoms with Crippen molar-refractivity contribution in [3.8, 4) is 0 Å². The summed E-state index contributed by atoms with van der Waals surface area (Å²) < 4.78 is 0. The Labute approximate surface area is 176 Å². The number of nitrogens with one attached hydrogen (secondary N) is 4. The minimum Gasteiger partial charge on any atom is -0.350 e. The normalized spacial score (nSPS) is 13.5. The molecule has 3 rings (SSSR count). The summed E-state index contributed by atoms with van der Waals surface area (Å²) in [5.74, 6) is -0.0760. The predicted molar refractivity (Wildman–Crippen MR) is 118 cm³/mol. The zero-order chi connectivity index (χ0) is 21.3. The molecule has 0 saturated heterocycles. The van der Waals surface area contributed by atoms with E-state index in [1.54, 1.807) is 24.3 Å². The van der Waals surface area contributed by atoms with Crippen molar-refractivity contribution in [2.75, 3.05) is 23.7 Å². The van der Waals surface area contributed by atoms with Gasteiger partial charge in [-0.05, 0) is 61.7 Å². The summed E-state index contributed by atoms with van der Waals surface area (Å²) in [5.41, 5.74) is 2.97. The Kier molecular flexibility index (Phi) is 7.43. The number of carbonyl (C=O) groups excluding carboxylic acids is 3. The van der Waals surface area contributed by atoms with E-state index in [4.69, 9.17) is 0 Å². The second-order valence-corrected chi connectivity index (χ2v) is 7.55. The maximum absolute atomic E-state index is 12.2. The van der Waals surface area contributed by atoms with Crippen LogP contribution < -0.4 is 21.3 Å². The van der Waals surface area contributed by atoms with Crippen LogP contribution in [0.15, 0.2) is 48.5 Å². The minimum absolute atomic E-state index is 0.0553. The van der Waals surface area contributed by atoms with E-state index in [0.29, 0.717) is 24.3 Å². The summed E-state index contributed by atoms with van der Waals surface area (Å²) in [7, 11) is 0. The molecule has 0 radical (unpaired) electrons. The molecule has 2 aromatic rings. The number of amides is 4. The van der Waals surface area contributed by atoms with Gasteiger partial charge in [0, 0.05) is 35.9 Å². The molecule has 7 nitrogen and oxygen atoms in total. The highest BCUT2D eigenvalue weighted by Gasteiger charge is 2.22. The Bertz CT molecular complexity index is 890. The molecule has 1 saturated carbocycles. The Morgan fingerprint density at radius 2 is 1.57 bits per heavy atom. The molecule has 4 amide bonds. The summed E-state index contributed by atoms with van der Waals surface area (Å²) in [6, 6.07) is 14.0. The number of hydrogen-bond donors (Lipinski definition) is 4. The van der Waals surface area contributed by atoms with Crippen LogP contribution in [-0.2, 0) is 4.79 Å². The fourth-order valence-electron chi connectivity index (χ4n) is 3.49. The van der Waals surface area contributed by atoms with Crippen molar-refractivity contribution >= 4 is 29.2 Å². The lowest BCUT2D eigenvalue weighted by atomic mass is 10.1. The number of carbonyl (C=O) groups is 3. The van der Waals surface area contributed by atoms with E-state index in [0.717, 1.165) is 36.9 Å². The molecule has 1 aliphatic rings. The summed E-state index contributed by atoms with van der Waals surface area (Å²) in [4.78, 5) is 36.3. The van der Waals surface area contributed by atoms with Crippen LogP contribution in [0.25, 0.3) is 0 Å². The Morgan fingerprint density at radius 1 is 0.867 bits per heavy atom. The monoisotopic (exact) mass is 408 g/mol. The lowest BCUT2D eigenvalue weighted by Gasteiger charge is -2.11. The van der Waals surface area contributed by atoms with E-state index < -0.39 is 0 Å². The standard InChI is InChI=1S/C23H28N4O3/c1-16-5-4-8-20(15-16)27-23(30)25-14-13-24-21(28)18-9-11-19(12-10-18)26-22(29)17-6-2-3-7-17/h4-5,8-12,15,17H,2-3,6-7,13-14H2,1H3,(H,24,28)(H,26,29)(H2,25,27,30). The van der Waals surface area contributed by atoms with E-state index in [9.17, 15) is 14.4 Å². The van der Waals surface area contributed by atoms with E-state index >= 15 is 0 Å². The number of urea groups is 1. The van der Waals surface area contributed by atoms with Crippen molar-refractivity contribution in [1.82, 2.24) is 10.6 Å². The van der Waals surface area contributed by atoms with Crippen LogP contribution in [-0.4, -0.2) is 30.9 Å². The van der Waals surface area contributed by atoms with Gasteiger partial charge in [0.1, 0.15) is 0 Å². The average Bonchev–Trinajstić information content (AvgIpc) is 3.27. The fourth-order valence-corrected chi connectivity index (χ4v) is 3.49. The quantitative estimate of drug-likeness (QED) is 0.526. The van der Waals surface area contributed by atoms with Crippen LogP contribution in [0.2, 0.25) is 0 Å². The second kappa shape index (κ2) is 10.4. The molecule has 0 aliphatic heterocycles. The Balaban J connectivity index is 1.37. The predicted octanol–water partition coefficient (Wildman–Crippen LogP) is 3.68. The molecule has 158 valence electrons. The molecule has 0 unspecified atom stereocenters. The lowest BCUT2D eigenvalue weighted by molar-refractivity contribution is -0.119. The summed E-state index contributed by atoms with van der Waals surface area (Å²) in [5, 5.41) is 11.1. The molecule has 0 heterocycles. The first-order valence-electron chi connectivity index (χ1n) is 10.3. The van der Waals surface area contributed by atoms with Gasteiger partial charge >= 0.3 is 6.03 Å². The van der Waals surface area contributed by atoms with Gasteiger partial charge in [0.15, 0.2) is 0 Å². The first-order valence-corrected chi connectivity index (χ1v) is 10.3. The third kappa shape index (κ3) is 6.34. The maximum atomic E-state index is 12.2. The Hall–Kier alpha value is -3.35. The van der Waals surface area contributed by atoms with Crippen molar-refractivity contribution in [3.63, 3.8) is 0 Å². The van der Waals surface area contributed by atoms with E-state index in [2.05, 4.69) is 21.3 Å². The van der Waals surface area contributed by atoms with Crippen LogP contribution in [0.3, 0.4) is 0 Å². The smallest absolute Gasteiger partial charge is 0.319 e. The molecule has 4 N–H and O–H groups in total. The van der Waals surface area contributed by atoms with Gasteiger partial charge in [0.2, 0.25) is 5.91 Å². The third-order valence-electron chi connectivity index (χ3n) is 5.11. The molecule has 1 fully saturated rings. The van der Waals surface area contributed by atoms with Gasteiger partial charge < -0.3 is 21.3 Å². The van der Waals surface area contributed by atoms with Crippen molar-refractivity contribution in [1.29, 1.82) is 0 Å². The van der Waals surface area contributed by atoms with Gasteiger partial charge in [-0.25, -0.2) is 4.79 Å². The molecule has 7 heteroatoms. The van der Waals surface area contributed by atoms with Crippen molar-refractivity contribution in [3.05, 3.63) is 59.7 Å². The first kappa shape index (κ1) is 21.4. The van der Waals surface area contributed by atoms with Crippen LogP contribution in [0.4, 0.5) is 16.2 Å². The highest BCUT2D eigenvalue weighted by molar-refractivity contribution is 5.96. The van der Waals surface area contributed by atoms with E-state index in [1.807, 2.05) is 31.2 Å². The van der Waals surface area contributed by atoms with E-state index in [1.165, 1.54) is 0 Å². The fraction of sp³-hybridized carbons (Fsp3) is 0.348. The zero-order valence-corrected chi connectivity index (χ0v) is 17.2. The molecule has 0 spiro atoms. The molecule has 2 aromatic carbocycles. The highest BCUT2D eigenvalue weighted by atomic mass is 16.2. The number of hydrogen-bond acceptors (Lipinski definition) is 3. The summed E-state index contributed by atoms with van der Waals surface area (Å²) in [6.45, 7) is 2.56. The van der Waals surface area contributed by atoms with Crippen LogP contribution in [0.1, 0.15) is 41.6 Å². The minimum atomic E-state index is -0.322. The number of aryl methyl sites for hydroxylation is 1. The molecule has 0 bridgehead atoms. The SMILES string of the molecule is Cc1cccc(NC(=O)NCCNC(=O)c2ccc(NC(=O)C3CCCC3)cc2)c1. The third-order valence-corrected chi connectivity index (χ3v) is 5.11. The van der Waals surface area contributed by atoms with Crippen LogP contribution in [0, 0.1) is 12.8 Å². The second-order valence-electron chi connectivity index (χ2n) is 7.55. The molecule has 30 heavy (non-hydrogen) atoms. The van der Waals surface area contributed by atoms with Gasteiger partial charge in [-0.2, -0.15) is 0 Å². The molecule has 0 atom stereocenters. The molecule has 0 aromatic heterocycles. The lowest BCUT2D eigenvalue weighted by Crippen LogP contribution is -2.36. The average molecular weight is 409 g/mol.